The number of carbonyl (C=O) groups is 2. The molecule has 0 bridgehead atoms. The Labute approximate surface area is 121 Å². The number of aromatic nitrogens is 2. The Bertz CT molecular complexity index is 820. The maximum Gasteiger partial charge on any atom is 0.262 e. The van der Waals surface area contributed by atoms with Gasteiger partial charge in [0.1, 0.15) is 11.9 Å². The van der Waals surface area contributed by atoms with E-state index >= 15 is 0 Å². The lowest BCUT2D eigenvalue weighted by Gasteiger charge is -2.24. The number of rotatable bonds is 1. The molecule has 1 fully saturated rings. The van der Waals surface area contributed by atoms with Gasteiger partial charge in [-0.05, 0) is 33.1 Å². The Morgan fingerprint density at radius 2 is 2.00 bits per heavy atom. The van der Waals surface area contributed by atoms with Gasteiger partial charge >= 0.3 is 0 Å². The normalized spacial score (nSPS) is 21.6. The maximum atomic E-state index is 12.8. The van der Waals surface area contributed by atoms with E-state index in [0.717, 1.165) is 18.4 Å². The highest BCUT2D eigenvalue weighted by Gasteiger charge is 2.30. The highest BCUT2D eigenvalue weighted by atomic mass is 16.2. The number of nitrogens with one attached hydrogen (secondary N) is 1. The molecule has 6 nitrogen and oxygen atoms in total. The molecule has 1 saturated heterocycles. The largest absolute Gasteiger partial charge is 0.295 e. The van der Waals surface area contributed by atoms with Crippen molar-refractivity contribution in [2.75, 3.05) is 0 Å². The van der Waals surface area contributed by atoms with E-state index in [1.54, 1.807) is 6.92 Å². The summed E-state index contributed by atoms with van der Waals surface area (Å²) in [6, 6.07) is -0.650. The van der Waals surface area contributed by atoms with Gasteiger partial charge in [0.15, 0.2) is 0 Å². The van der Waals surface area contributed by atoms with Crippen molar-refractivity contribution in [1.82, 2.24) is 14.9 Å². The van der Waals surface area contributed by atoms with Crippen LogP contribution in [0.1, 0.15) is 44.5 Å². The summed E-state index contributed by atoms with van der Waals surface area (Å²) < 4.78 is 1.43. The first kappa shape index (κ1) is 13.7. The molecule has 1 aliphatic carbocycles. The minimum absolute atomic E-state index is 0.180. The Balaban J connectivity index is 2.24. The third kappa shape index (κ3) is 2.20. The summed E-state index contributed by atoms with van der Waals surface area (Å²) in [5.74, 6) is -0.196. The number of amides is 2. The molecule has 1 aromatic rings. The summed E-state index contributed by atoms with van der Waals surface area (Å²) in [5, 5.41) is 3.61. The van der Waals surface area contributed by atoms with Crippen molar-refractivity contribution in [3.63, 3.8) is 0 Å². The topological polar surface area (TPSA) is 81.1 Å². The van der Waals surface area contributed by atoms with E-state index in [4.69, 9.17) is 0 Å². The Hall–Kier alpha value is -2.24. The van der Waals surface area contributed by atoms with Crippen molar-refractivity contribution in [1.29, 1.82) is 0 Å². The number of carbonyl (C=O) groups excluding carboxylic acids is 2. The van der Waals surface area contributed by atoms with E-state index in [-0.39, 0.29) is 17.9 Å². The van der Waals surface area contributed by atoms with Crippen LogP contribution in [-0.4, -0.2) is 21.4 Å². The van der Waals surface area contributed by atoms with Gasteiger partial charge < -0.3 is 0 Å². The van der Waals surface area contributed by atoms with Crippen LogP contribution in [0.5, 0.6) is 0 Å². The molecule has 1 unspecified atom stereocenters. The SMILES string of the molecule is CC1=c2c(nc(C)n(C3CCC(=O)NC3=O)c2=O)=CCC1. The zero-order valence-corrected chi connectivity index (χ0v) is 12.1. The summed E-state index contributed by atoms with van der Waals surface area (Å²) in [6.07, 6.45) is 4.27. The van der Waals surface area contributed by atoms with Gasteiger partial charge in [-0.25, -0.2) is 4.98 Å². The molecule has 0 radical (unpaired) electrons. The van der Waals surface area contributed by atoms with Crippen molar-refractivity contribution in [3.8, 4) is 0 Å². The van der Waals surface area contributed by atoms with Crippen LogP contribution in [0.15, 0.2) is 4.79 Å². The third-order valence-electron chi connectivity index (χ3n) is 4.13. The van der Waals surface area contributed by atoms with Gasteiger partial charge in [0.05, 0.1) is 10.6 Å². The van der Waals surface area contributed by atoms with Gasteiger partial charge in [-0.1, -0.05) is 11.6 Å². The van der Waals surface area contributed by atoms with Crippen molar-refractivity contribution < 1.29 is 9.59 Å². The smallest absolute Gasteiger partial charge is 0.262 e. The van der Waals surface area contributed by atoms with Crippen molar-refractivity contribution in [2.24, 2.45) is 0 Å². The molecular formula is C15H17N3O3. The summed E-state index contributed by atoms with van der Waals surface area (Å²) in [7, 11) is 0. The molecule has 1 aromatic heterocycles. The molecular weight excluding hydrogens is 270 g/mol. The van der Waals surface area contributed by atoms with Crippen LogP contribution in [0.2, 0.25) is 0 Å². The van der Waals surface area contributed by atoms with Crippen LogP contribution in [0.4, 0.5) is 0 Å². The second-order valence-electron chi connectivity index (χ2n) is 5.58. The predicted molar refractivity (Wildman–Crippen MR) is 76.7 cm³/mol. The standard InChI is InChI=1S/C15H17N3O3/c1-8-4-3-5-10-13(8)15(21)18(9(2)16-10)11-6-7-12(19)17-14(11)20/h5,11H,3-4,6-7H2,1-2H3,(H,17,19,20). The molecule has 0 aromatic carbocycles. The first-order valence-electron chi connectivity index (χ1n) is 7.12. The van der Waals surface area contributed by atoms with Gasteiger partial charge in [-0.15, -0.1) is 0 Å². The fourth-order valence-corrected chi connectivity index (χ4v) is 3.06. The fraction of sp³-hybridized carbons (Fsp3) is 0.467. The van der Waals surface area contributed by atoms with E-state index in [0.29, 0.717) is 22.8 Å². The minimum Gasteiger partial charge on any atom is -0.295 e. The number of nitrogens with zero attached hydrogens (tertiary/aromatic N) is 2. The highest BCUT2D eigenvalue weighted by molar-refractivity contribution is 5.99. The molecule has 1 aliphatic heterocycles. The average molecular weight is 287 g/mol. The summed E-state index contributed by atoms with van der Waals surface area (Å²) in [5.41, 5.74) is 0.825. The van der Waals surface area contributed by atoms with Gasteiger partial charge in [0.2, 0.25) is 11.8 Å². The molecule has 21 heavy (non-hydrogen) atoms. The van der Waals surface area contributed by atoms with E-state index in [1.807, 2.05) is 13.0 Å². The molecule has 2 heterocycles. The van der Waals surface area contributed by atoms with E-state index < -0.39 is 11.9 Å². The predicted octanol–water partition coefficient (Wildman–Crippen LogP) is -0.726. The molecule has 3 rings (SSSR count). The van der Waals surface area contributed by atoms with Gasteiger partial charge in [-0.3, -0.25) is 24.3 Å². The van der Waals surface area contributed by atoms with Gasteiger partial charge in [0, 0.05) is 6.42 Å². The molecule has 1 atom stereocenters. The first-order chi connectivity index (χ1) is 9.99. The van der Waals surface area contributed by atoms with Crippen molar-refractivity contribution >= 4 is 23.5 Å². The van der Waals surface area contributed by atoms with E-state index in [2.05, 4.69) is 10.3 Å². The van der Waals surface area contributed by atoms with Gasteiger partial charge in [0.25, 0.3) is 5.56 Å². The molecule has 1 N–H and O–H groups in total. The number of hydrogen-bond acceptors (Lipinski definition) is 4. The quantitative estimate of drug-likeness (QED) is 0.691. The van der Waals surface area contributed by atoms with Gasteiger partial charge in [-0.2, -0.15) is 0 Å². The molecule has 2 aliphatic rings. The minimum atomic E-state index is -0.650. The molecule has 0 saturated carbocycles. The lowest BCUT2D eigenvalue weighted by Crippen LogP contribution is -2.54. The van der Waals surface area contributed by atoms with Crippen LogP contribution in [-0.2, 0) is 9.59 Å². The van der Waals surface area contributed by atoms with E-state index in [9.17, 15) is 14.4 Å². The fourth-order valence-electron chi connectivity index (χ4n) is 3.06. The molecule has 6 heteroatoms. The van der Waals surface area contributed by atoms with E-state index in [1.165, 1.54) is 4.57 Å². The zero-order valence-electron chi connectivity index (χ0n) is 12.1. The van der Waals surface area contributed by atoms with Crippen LogP contribution in [0, 0.1) is 6.92 Å². The van der Waals surface area contributed by atoms with Crippen LogP contribution in [0.3, 0.4) is 0 Å². The number of imide groups is 1. The Morgan fingerprint density at radius 1 is 1.24 bits per heavy atom. The lowest BCUT2D eigenvalue weighted by molar-refractivity contribution is -0.135. The zero-order chi connectivity index (χ0) is 15.1. The summed E-state index contributed by atoms with van der Waals surface area (Å²) >= 11 is 0. The van der Waals surface area contributed by atoms with Crippen LogP contribution in [0.25, 0.3) is 11.6 Å². The molecule has 110 valence electrons. The molecule has 0 spiro atoms. The van der Waals surface area contributed by atoms with Crippen LogP contribution < -0.4 is 21.4 Å². The average Bonchev–Trinajstić information content (AvgIpc) is 2.40. The summed E-state index contributed by atoms with van der Waals surface area (Å²) in [4.78, 5) is 40.5. The Kier molecular flexibility index (Phi) is 3.23. The van der Waals surface area contributed by atoms with Crippen molar-refractivity contribution in [2.45, 2.75) is 45.6 Å². The maximum absolute atomic E-state index is 12.8. The first-order valence-corrected chi connectivity index (χ1v) is 7.12. The summed E-state index contributed by atoms with van der Waals surface area (Å²) in [6.45, 7) is 3.65. The number of hydrogen-bond donors (Lipinski definition) is 1. The second-order valence-corrected chi connectivity index (χ2v) is 5.58. The number of piperidine rings is 1. The number of fused-ring (bicyclic) bond motifs is 1. The molecule has 2 amide bonds. The number of aryl methyl sites for hydroxylation is 1. The second kappa shape index (κ2) is 4.95. The monoisotopic (exact) mass is 287 g/mol. The van der Waals surface area contributed by atoms with Crippen molar-refractivity contribution in [3.05, 3.63) is 26.7 Å². The highest BCUT2D eigenvalue weighted by Crippen LogP contribution is 2.17. The van der Waals surface area contributed by atoms with Crippen LogP contribution >= 0.6 is 0 Å². The lowest BCUT2D eigenvalue weighted by atomic mass is 10.0. The third-order valence-corrected chi connectivity index (χ3v) is 4.13. The Morgan fingerprint density at radius 3 is 2.71 bits per heavy atom.